The Balaban J connectivity index is 1.70. The third-order valence-electron chi connectivity index (χ3n) is 4.35. The Kier molecular flexibility index (Phi) is 5.01. The zero-order valence-electron chi connectivity index (χ0n) is 11.1. The summed E-state index contributed by atoms with van der Waals surface area (Å²) < 4.78 is 5.56. The average Bonchev–Trinajstić information content (AvgIpc) is 2.87. The first-order valence-corrected chi connectivity index (χ1v) is 7.23. The second-order valence-corrected chi connectivity index (χ2v) is 5.83. The zero-order chi connectivity index (χ0) is 12.8. The van der Waals surface area contributed by atoms with Gasteiger partial charge in [0.25, 0.3) is 0 Å². The fraction of sp³-hybridized carbons (Fsp3) is 0.929. The number of nitrogens with one attached hydrogen (secondary N) is 1. The predicted octanol–water partition coefficient (Wildman–Crippen LogP) is 1.61. The molecular weight excluding hydrogens is 230 g/mol. The molecule has 1 aliphatic heterocycles. The van der Waals surface area contributed by atoms with Crippen LogP contribution in [0.3, 0.4) is 0 Å². The first-order valence-electron chi connectivity index (χ1n) is 7.23. The van der Waals surface area contributed by atoms with E-state index >= 15 is 0 Å². The highest BCUT2D eigenvalue weighted by Gasteiger charge is 2.33. The topological polar surface area (TPSA) is 58.6 Å². The number of hydrogen-bond acceptors (Lipinski definition) is 3. The van der Waals surface area contributed by atoms with Gasteiger partial charge in [-0.25, -0.2) is 0 Å². The van der Waals surface area contributed by atoms with Crippen LogP contribution in [0.15, 0.2) is 0 Å². The van der Waals surface area contributed by atoms with E-state index in [1.165, 1.54) is 19.3 Å². The molecule has 1 heterocycles. The lowest BCUT2D eigenvalue weighted by molar-refractivity contribution is -0.125. The van der Waals surface area contributed by atoms with Gasteiger partial charge in [-0.3, -0.25) is 4.79 Å². The zero-order valence-corrected chi connectivity index (χ0v) is 11.1. The second kappa shape index (κ2) is 6.53. The van der Waals surface area contributed by atoms with E-state index in [0.29, 0.717) is 13.0 Å². The Morgan fingerprint density at radius 1 is 1.28 bits per heavy atom. The van der Waals surface area contributed by atoms with Gasteiger partial charge in [0.1, 0.15) is 0 Å². The van der Waals surface area contributed by atoms with E-state index in [0.717, 1.165) is 32.3 Å². The molecule has 1 unspecified atom stereocenters. The minimum Gasteiger partial charge on any atom is -0.396 e. The summed E-state index contributed by atoms with van der Waals surface area (Å²) in [7, 11) is 0. The molecule has 1 saturated heterocycles. The van der Waals surface area contributed by atoms with Gasteiger partial charge in [0.05, 0.1) is 19.1 Å². The quantitative estimate of drug-likeness (QED) is 0.784. The van der Waals surface area contributed by atoms with Crippen LogP contribution in [0.4, 0.5) is 0 Å². The van der Waals surface area contributed by atoms with Gasteiger partial charge >= 0.3 is 0 Å². The highest BCUT2D eigenvalue weighted by Crippen LogP contribution is 2.36. The minimum atomic E-state index is -0.0525. The third kappa shape index (κ3) is 3.69. The van der Waals surface area contributed by atoms with Crippen molar-refractivity contribution in [2.75, 3.05) is 19.8 Å². The summed E-state index contributed by atoms with van der Waals surface area (Å²) in [5, 5.41) is 12.5. The van der Waals surface area contributed by atoms with E-state index in [2.05, 4.69) is 5.32 Å². The molecule has 0 spiro atoms. The third-order valence-corrected chi connectivity index (χ3v) is 4.35. The molecule has 1 amide bonds. The van der Waals surface area contributed by atoms with Gasteiger partial charge in [-0.15, -0.1) is 0 Å². The van der Waals surface area contributed by atoms with Crippen LogP contribution in [0, 0.1) is 5.41 Å². The molecule has 2 N–H and O–H groups in total. The standard InChI is InChI=1S/C14H25NO3/c16-11-14(6-2-3-7-14)10-15-13(17)9-12-5-1-4-8-18-12/h12,16H,1-11H2,(H,15,17). The summed E-state index contributed by atoms with van der Waals surface area (Å²) >= 11 is 0. The van der Waals surface area contributed by atoms with Crippen molar-refractivity contribution in [1.29, 1.82) is 0 Å². The molecule has 1 saturated carbocycles. The molecule has 18 heavy (non-hydrogen) atoms. The summed E-state index contributed by atoms with van der Waals surface area (Å²) in [4.78, 5) is 11.9. The number of aliphatic hydroxyl groups is 1. The van der Waals surface area contributed by atoms with E-state index in [9.17, 15) is 9.90 Å². The lowest BCUT2D eigenvalue weighted by atomic mass is 9.87. The van der Waals surface area contributed by atoms with Crippen LogP contribution in [0.5, 0.6) is 0 Å². The Bertz CT molecular complexity index is 268. The summed E-state index contributed by atoms with van der Waals surface area (Å²) in [6.45, 7) is 1.60. The molecule has 1 aliphatic carbocycles. The molecular formula is C14H25NO3. The van der Waals surface area contributed by atoms with Crippen molar-refractivity contribution in [2.45, 2.75) is 57.5 Å². The van der Waals surface area contributed by atoms with E-state index in [-0.39, 0.29) is 24.0 Å². The van der Waals surface area contributed by atoms with Crippen LogP contribution in [0.1, 0.15) is 51.4 Å². The van der Waals surface area contributed by atoms with Crippen molar-refractivity contribution in [3.05, 3.63) is 0 Å². The number of hydrogen-bond donors (Lipinski definition) is 2. The largest absolute Gasteiger partial charge is 0.396 e. The summed E-state index contributed by atoms with van der Waals surface area (Å²) in [5.41, 5.74) is -0.0525. The van der Waals surface area contributed by atoms with Crippen LogP contribution in [-0.4, -0.2) is 36.9 Å². The van der Waals surface area contributed by atoms with Gasteiger partial charge < -0.3 is 15.2 Å². The molecule has 0 aromatic rings. The summed E-state index contributed by atoms with van der Waals surface area (Å²) in [6, 6.07) is 0. The molecule has 2 rings (SSSR count). The molecule has 4 heteroatoms. The molecule has 104 valence electrons. The average molecular weight is 255 g/mol. The van der Waals surface area contributed by atoms with Gasteiger partial charge in [-0.05, 0) is 32.1 Å². The van der Waals surface area contributed by atoms with Gasteiger partial charge in [0, 0.05) is 18.6 Å². The van der Waals surface area contributed by atoms with E-state index in [4.69, 9.17) is 4.74 Å². The molecule has 0 bridgehead atoms. The number of ether oxygens (including phenoxy) is 1. The first kappa shape index (κ1) is 13.8. The normalized spacial score (nSPS) is 27.1. The molecule has 0 radical (unpaired) electrons. The van der Waals surface area contributed by atoms with Gasteiger partial charge in [-0.2, -0.15) is 0 Å². The van der Waals surface area contributed by atoms with Gasteiger partial charge in [0.15, 0.2) is 0 Å². The number of amides is 1. The monoisotopic (exact) mass is 255 g/mol. The molecule has 2 aliphatic rings. The van der Waals surface area contributed by atoms with Gasteiger partial charge in [-0.1, -0.05) is 12.8 Å². The smallest absolute Gasteiger partial charge is 0.222 e. The number of carbonyl (C=O) groups excluding carboxylic acids is 1. The molecule has 1 atom stereocenters. The lowest BCUT2D eigenvalue weighted by Gasteiger charge is -2.27. The summed E-state index contributed by atoms with van der Waals surface area (Å²) in [5.74, 6) is 0.0709. The van der Waals surface area contributed by atoms with Crippen LogP contribution >= 0.6 is 0 Å². The van der Waals surface area contributed by atoms with Crippen molar-refractivity contribution in [3.63, 3.8) is 0 Å². The molecule has 4 nitrogen and oxygen atoms in total. The van der Waals surface area contributed by atoms with Crippen molar-refractivity contribution in [3.8, 4) is 0 Å². The number of rotatable bonds is 5. The van der Waals surface area contributed by atoms with Crippen molar-refractivity contribution < 1.29 is 14.6 Å². The summed E-state index contributed by atoms with van der Waals surface area (Å²) in [6.07, 6.45) is 8.26. The van der Waals surface area contributed by atoms with Crippen LogP contribution in [0.25, 0.3) is 0 Å². The Morgan fingerprint density at radius 3 is 2.67 bits per heavy atom. The van der Waals surface area contributed by atoms with Gasteiger partial charge in [0.2, 0.25) is 5.91 Å². The highest BCUT2D eigenvalue weighted by molar-refractivity contribution is 5.76. The van der Waals surface area contributed by atoms with Crippen LogP contribution in [0.2, 0.25) is 0 Å². The van der Waals surface area contributed by atoms with Crippen molar-refractivity contribution in [1.82, 2.24) is 5.32 Å². The molecule has 0 aromatic carbocycles. The minimum absolute atomic E-state index is 0.0525. The number of aliphatic hydroxyl groups excluding tert-OH is 1. The maximum Gasteiger partial charge on any atom is 0.222 e. The van der Waals surface area contributed by atoms with E-state index in [1.54, 1.807) is 0 Å². The fourth-order valence-electron chi connectivity index (χ4n) is 3.05. The highest BCUT2D eigenvalue weighted by atomic mass is 16.5. The Morgan fingerprint density at radius 2 is 2.06 bits per heavy atom. The second-order valence-electron chi connectivity index (χ2n) is 5.83. The van der Waals surface area contributed by atoms with Crippen LogP contribution in [-0.2, 0) is 9.53 Å². The molecule has 2 fully saturated rings. The van der Waals surface area contributed by atoms with Crippen LogP contribution < -0.4 is 5.32 Å². The predicted molar refractivity (Wildman–Crippen MR) is 69.2 cm³/mol. The number of carbonyl (C=O) groups is 1. The van der Waals surface area contributed by atoms with E-state index in [1.807, 2.05) is 0 Å². The maximum atomic E-state index is 11.9. The maximum absolute atomic E-state index is 11.9. The van der Waals surface area contributed by atoms with Crippen molar-refractivity contribution >= 4 is 5.91 Å². The Labute approximate surface area is 109 Å². The SMILES string of the molecule is O=C(CC1CCCCO1)NCC1(CO)CCCC1. The van der Waals surface area contributed by atoms with Crippen molar-refractivity contribution in [2.24, 2.45) is 5.41 Å². The first-order chi connectivity index (χ1) is 8.74. The molecule has 0 aromatic heterocycles. The lowest BCUT2D eigenvalue weighted by Crippen LogP contribution is -2.39. The Hall–Kier alpha value is -0.610. The van der Waals surface area contributed by atoms with E-state index < -0.39 is 0 Å². The fourth-order valence-corrected chi connectivity index (χ4v) is 3.05.